The molecule has 0 fully saturated rings. The van der Waals surface area contributed by atoms with Crippen molar-refractivity contribution in [3.8, 4) is 0 Å². The maximum atomic E-state index is 8.74. The molecule has 0 unspecified atom stereocenters. The topological polar surface area (TPSA) is 165 Å². The summed E-state index contributed by atoms with van der Waals surface area (Å²) in [5.41, 5.74) is 14.7. The fourth-order valence-electron chi connectivity index (χ4n) is 0.157. The molecule has 86 valence electrons. The lowest BCUT2D eigenvalue weighted by atomic mass is 10.3. The molecular formula is C5H16N4O4S. The van der Waals surface area contributed by atoms with Crippen LogP contribution < -0.4 is 17.2 Å². The summed E-state index contributed by atoms with van der Waals surface area (Å²) in [6.07, 6.45) is -6.72. The van der Waals surface area contributed by atoms with Crippen LogP contribution in [-0.4, -0.2) is 36.5 Å². The number of nitrogens with two attached hydrogens (primary N) is 3. The summed E-state index contributed by atoms with van der Waals surface area (Å²) in [4.78, 5) is 2.93. The van der Waals surface area contributed by atoms with Crippen molar-refractivity contribution < 1.29 is 28.5 Å². The second kappa shape index (κ2) is 8.69. The van der Waals surface area contributed by atoms with Gasteiger partial charge in [0.15, 0.2) is 5.96 Å². The van der Waals surface area contributed by atoms with Crippen molar-refractivity contribution in [3.05, 3.63) is 0 Å². The normalized spacial score (nSPS) is 22.5. The molecule has 0 spiro atoms. The van der Waals surface area contributed by atoms with Crippen molar-refractivity contribution in [1.29, 1.82) is 0 Å². The van der Waals surface area contributed by atoms with E-state index in [9.17, 15) is 0 Å². The Morgan fingerprint density at radius 3 is 2.07 bits per heavy atom. The van der Waals surface area contributed by atoms with Crippen molar-refractivity contribution >= 4 is 16.4 Å². The first-order valence-electron chi connectivity index (χ1n) is 6.76. The summed E-state index contributed by atoms with van der Waals surface area (Å²) in [5.74, 6) is -0.785. The minimum Gasteiger partial charge on any atom is -0.370 e. The van der Waals surface area contributed by atoms with Gasteiger partial charge in [-0.1, -0.05) is 0 Å². The fraction of sp³-hybridized carbons (Fsp3) is 0.800. The number of guanidine groups is 1. The summed E-state index contributed by atoms with van der Waals surface area (Å²) in [6.45, 7) is -6.27. The summed E-state index contributed by atoms with van der Waals surface area (Å²) >= 11 is 0. The molecular weight excluding hydrogens is 212 g/mol. The van der Waals surface area contributed by atoms with Gasteiger partial charge >= 0.3 is 10.4 Å². The molecule has 0 bridgehead atoms. The summed E-state index contributed by atoms with van der Waals surface area (Å²) in [6, 6.07) is 0. The van der Waals surface area contributed by atoms with Gasteiger partial charge in [0.1, 0.15) is 0 Å². The number of hydrogen-bond acceptors (Lipinski definition) is 4. The molecule has 0 radical (unpaired) electrons. The zero-order valence-electron chi connectivity index (χ0n) is 14.8. The molecule has 14 heavy (non-hydrogen) atoms. The van der Waals surface area contributed by atoms with Crippen LogP contribution in [0.4, 0.5) is 0 Å². The van der Waals surface area contributed by atoms with Crippen LogP contribution in [0.25, 0.3) is 0 Å². The Hall–Kier alpha value is -0.900. The third-order valence-electron chi connectivity index (χ3n) is 0.376. The van der Waals surface area contributed by atoms with Gasteiger partial charge < -0.3 is 17.2 Å². The van der Waals surface area contributed by atoms with E-state index in [4.69, 9.17) is 45.7 Å². The van der Waals surface area contributed by atoms with Gasteiger partial charge in [0.25, 0.3) is 0 Å². The van der Waals surface area contributed by atoms with Crippen LogP contribution in [0.5, 0.6) is 0 Å². The van der Waals surface area contributed by atoms with Gasteiger partial charge in [0.05, 0.1) is 2.74 Å². The lowest BCUT2D eigenvalue weighted by Gasteiger charge is -1.92. The molecule has 0 heterocycles. The molecule has 0 aromatic rings. The van der Waals surface area contributed by atoms with E-state index >= 15 is 0 Å². The van der Waals surface area contributed by atoms with Crippen LogP contribution in [0.1, 0.15) is 23.7 Å². The number of rotatable bonds is 4. The van der Waals surface area contributed by atoms with Gasteiger partial charge in [0, 0.05) is 14.7 Å². The number of nitrogens with zero attached hydrogens (tertiary/aromatic N) is 1. The van der Waals surface area contributed by atoms with Crippen LogP contribution in [0.3, 0.4) is 0 Å². The first-order valence-corrected chi connectivity index (χ1v) is 4.16. The molecule has 8 nitrogen and oxygen atoms in total. The van der Waals surface area contributed by atoms with Crippen LogP contribution in [-0.2, 0) is 10.4 Å². The highest BCUT2D eigenvalue weighted by Crippen LogP contribution is 1.84. The Bertz CT molecular complexity index is 503. The Morgan fingerprint density at radius 1 is 1.36 bits per heavy atom. The Balaban J connectivity index is 0. The van der Waals surface area contributed by atoms with E-state index in [1.807, 2.05) is 0 Å². The summed E-state index contributed by atoms with van der Waals surface area (Å²) in [7, 11) is -4.67. The van der Waals surface area contributed by atoms with Crippen LogP contribution in [0, 0.1) is 0 Å². The van der Waals surface area contributed by atoms with Crippen molar-refractivity contribution in [1.82, 2.24) is 0 Å². The van der Waals surface area contributed by atoms with E-state index < -0.39 is 42.1 Å². The van der Waals surface area contributed by atoms with Crippen molar-refractivity contribution in [2.24, 2.45) is 22.2 Å². The zero-order chi connectivity index (χ0) is 18.8. The quantitative estimate of drug-likeness (QED) is 0.221. The Kier molecular flexibility index (Phi) is 3.26. The summed E-state index contributed by atoms with van der Waals surface area (Å²) in [5, 5.41) is 0. The lowest BCUT2D eigenvalue weighted by molar-refractivity contribution is 0.381. The van der Waals surface area contributed by atoms with Gasteiger partial charge in [-0.25, -0.2) is 0 Å². The van der Waals surface area contributed by atoms with E-state index in [0.717, 1.165) is 0 Å². The molecule has 0 saturated carbocycles. The second-order valence-corrected chi connectivity index (χ2v) is 2.39. The van der Waals surface area contributed by atoms with E-state index in [1.165, 1.54) is 0 Å². The third-order valence-corrected chi connectivity index (χ3v) is 0.376. The van der Waals surface area contributed by atoms with Gasteiger partial charge in [0.2, 0.25) is 0 Å². The predicted octanol–water partition coefficient (Wildman–Crippen LogP) is -1.65. The van der Waals surface area contributed by atoms with E-state index in [0.29, 0.717) is 0 Å². The van der Waals surface area contributed by atoms with Crippen LogP contribution in [0.2, 0.25) is 0 Å². The molecule has 0 aliphatic carbocycles. The first-order chi connectivity index (χ1) is 9.17. The molecule has 0 aromatic heterocycles. The SMILES string of the molecule is O=S(=O)(O)O.[2H]C([2H])(N)C([2H])([2H])C([2H])([2H])C([2H])([2H])N=C(N)N. The average molecular weight is 236 g/mol. The van der Waals surface area contributed by atoms with E-state index in [-0.39, 0.29) is 0 Å². The third kappa shape index (κ3) is 43.5. The molecule has 0 aliphatic rings. The number of hydrogen-bond donors (Lipinski definition) is 5. The molecule has 9 heteroatoms. The molecule has 0 rings (SSSR count). The van der Waals surface area contributed by atoms with E-state index in [1.54, 1.807) is 0 Å². The number of aliphatic imine (C=N–C) groups is 1. The standard InChI is InChI=1S/C5H14N4.H2O4S/c6-3-1-2-4-9-5(7)8;1-5(2,3)4/h1-4,6H2,(H4,7,8,9);(H2,1,2,3,4)/i1D2,2D2,3D2,4D2;. The zero-order valence-corrected chi connectivity index (χ0v) is 7.61. The Morgan fingerprint density at radius 2 is 1.79 bits per heavy atom. The summed E-state index contributed by atoms with van der Waals surface area (Å²) < 4.78 is 89.4. The smallest absolute Gasteiger partial charge is 0.370 e. The van der Waals surface area contributed by atoms with Crippen molar-refractivity contribution in [2.75, 3.05) is 13.0 Å². The predicted molar refractivity (Wildman–Crippen MR) is 53.1 cm³/mol. The molecule has 0 aliphatic heterocycles. The van der Waals surface area contributed by atoms with Gasteiger partial charge in [-0.2, -0.15) is 8.42 Å². The minimum absolute atomic E-state index is 0.785. The first kappa shape index (κ1) is 5.26. The van der Waals surface area contributed by atoms with Crippen molar-refractivity contribution in [3.63, 3.8) is 0 Å². The second-order valence-electron chi connectivity index (χ2n) is 1.49. The monoisotopic (exact) mass is 236 g/mol. The Labute approximate surface area is 94.0 Å². The van der Waals surface area contributed by atoms with Gasteiger partial charge in [-0.05, 0) is 19.2 Å². The minimum atomic E-state index is -4.67. The largest absolute Gasteiger partial charge is 0.394 e. The maximum absolute atomic E-state index is 8.74. The van der Waals surface area contributed by atoms with Gasteiger partial charge in [-0.3, -0.25) is 14.1 Å². The molecule has 0 atom stereocenters. The van der Waals surface area contributed by atoms with Crippen LogP contribution >= 0.6 is 0 Å². The average Bonchev–Trinajstić information content (AvgIpc) is 2.09. The lowest BCUT2D eigenvalue weighted by Crippen LogP contribution is -2.23. The molecule has 8 N–H and O–H groups in total. The van der Waals surface area contributed by atoms with Crippen LogP contribution in [0.15, 0.2) is 4.99 Å². The highest BCUT2D eigenvalue weighted by molar-refractivity contribution is 7.79. The van der Waals surface area contributed by atoms with Gasteiger partial charge in [-0.15, -0.1) is 0 Å². The fourth-order valence-corrected chi connectivity index (χ4v) is 0.157. The maximum Gasteiger partial charge on any atom is 0.394 e. The van der Waals surface area contributed by atoms with E-state index in [2.05, 4.69) is 4.99 Å². The molecule has 0 aromatic carbocycles. The molecule has 0 amide bonds. The highest BCUT2D eigenvalue weighted by atomic mass is 32.3. The highest BCUT2D eigenvalue weighted by Gasteiger charge is 1.84. The van der Waals surface area contributed by atoms with Crippen molar-refractivity contribution in [2.45, 2.75) is 12.7 Å². The molecule has 0 saturated heterocycles.